The molecule has 0 bridgehead atoms. The van der Waals surface area contributed by atoms with Crippen LogP contribution in [-0.4, -0.2) is 31.7 Å². The first-order chi connectivity index (χ1) is 7.60. The first-order valence-corrected chi connectivity index (χ1v) is 4.76. The molecule has 1 rings (SSSR count). The molecule has 0 aliphatic rings. The van der Waals surface area contributed by atoms with E-state index in [2.05, 4.69) is 0 Å². The average Bonchev–Trinajstić information content (AvgIpc) is 2.25. The van der Waals surface area contributed by atoms with E-state index in [0.717, 1.165) is 12.1 Å². The normalized spacial score (nSPS) is 13.1. The van der Waals surface area contributed by atoms with Gasteiger partial charge in [-0.2, -0.15) is 0 Å². The van der Waals surface area contributed by atoms with E-state index in [1.807, 2.05) is 0 Å². The number of rotatable bonds is 5. The van der Waals surface area contributed by atoms with Gasteiger partial charge in [0, 0.05) is 26.2 Å². The second-order valence-corrected chi connectivity index (χ2v) is 3.31. The summed E-state index contributed by atoms with van der Waals surface area (Å²) in [6.07, 6.45) is -2.23. The van der Waals surface area contributed by atoms with Gasteiger partial charge in [-0.15, -0.1) is 0 Å². The predicted molar refractivity (Wildman–Crippen MR) is 53.9 cm³/mol. The molecule has 0 spiro atoms. The molecule has 1 aromatic carbocycles. The topological polar surface area (TPSA) is 38.7 Å². The maximum Gasteiger partial charge on any atom is 0.183 e. The summed E-state index contributed by atoms with van der Waals surface area (Å²) in [5.74, 6) is -1.38. The molecule has 0 saturated heterocycles. The molecule has 16 heavy (non-hydrogen) atoms. The van der Waals surface area contributed by atoms with Crippen LogP contribution in [-0.2, 0) is 15.9 Å². The number of aliphatic hydroxyl groups is 1. The summed E-state index contributed by atoms with van der Waals surface area (Å²) >= 11 is 0. The van der Waals surface area contributed by atoms with E-state index in [9.17, 15) is 13.9 Å². The molecule has 1 N–H and O–H groups in total. The van der Waals surface area contributed by atoms with Crippen LogP contribution < -0.4 is 0 Å². The molecule has 1 aromatic rings. The van der Waals surface area contributed by atoms with Crippen molar-refractivity contribution in [3.8, 4) is 0 Å². The zero-order valence-electron chi connectivity index (χ0n) is 9.11. The third kappa shape index (κ3) is 2.98. The Bertz CT molecular complexity index is 320. The summed E-state index contributed by atoms with van der Waals surface area (Å²) in [6.45, 7) is 0. The molecule has 1 atom stereocenters. The largest absolute Gasteiger partial charge is 0.387 e. The summed E-state index contributed by atoms with van der Waals surface area (Å²) in [5.41, 5.74) is -0.172. The smallest absolute Gasteiger partial charge is 0.183 e. The lowest BCUT2D eigenvalue weighted by Gasteiger charge is -2.20. The molecular weight excluding hydrogens is 218 g/mol. The SMILES string of the molecule is COC(OC)C(O)Cc1c(F)cccc1F. The van der Waals surface area contributed by atoms with E-state index in [4.69, 9.17) is 9.47 Å². The van der Waals surface area contributed by atoms with Crippen molar-refractivity contribution in [2.45, 2.75) is 18.8 Å². The monoisotopic (exact) mass is 232 g/mol. The minimum Gasteiger partial charge on any atom is -0.387 e. The predicted octanol–water partition coefficient (Wildman–Crippen LogP) is 1.49. The highest BCUT2D eigenvalue weighted by atomic mass is 19.1. The first kappa shape index (κ1) is 13.0. The first-order valence-electron chi connectivity index (χ1n) is 4.76. The molecular formula is C11H14F2O3. The van der Waals surface area contributed by atoms with E-state index in [1.165, 1.54) is 20.3 Å². The van der Waals surface area contributed by atoms with Crippen molar-refractivity contribution in [1.82, 2.24) is 0 Å². The van der Waals surface area contributed by atoms with Crippen molar-refractivity contribution < 1.29 is 23.4 Å². The van der Waals surface area contributed by atoms with Crippen molar-refractivity contribution in [1.29, 1.82) is 0 Å². The maximum absolute atomic E-state index is 13.2. The van der Waals surface area contributed by atoms with E-state index < -0.39 is 24.0 Å². The van der Waals surface area contributed by atoms with Gasteiger partial charge in [0.05, 0.1) is 0 Å². The Morgan fingerprint density at radius 1 is 1.19 bits per heavy atom. The second-order valence-electron chi connectivity index (χ2n) is 3.31. The molecule has 0 aliphatic heterocycles. The van der Waals surface area contributed by atoms with Gasteiger partial charge in [0.15, 0.2) is 6.29 Å². The number of hydrogen-bond acceptors (Lipinski definition) is 3. The van der Waals surface area contributed by atoms with E-state index in [1.54, 1.807) is 0 Å². The van der Waals surface area contributed by atoms with Gasteiger partial charge in [0.1, 0.15) is 17.7 Å². The number of aliphatic hydroxyl groups excluding tert-OH is 1. The van der Waals surface area contributed by atoms with Crippen LogP contribution in [0.1, 0.15) is 5.56 Å². The molecule has 0 aliphatic carbocycles. The molecule has 5 heteroatoms. The fourth-order valence-corrected chi connectivity index (χ4v) is 1.44. The van der Waals surface area contributed by atoms with Crippen molar-refractivity contribution >= 4 is 0 Å². The summed E-state index contributed by atoms with van der Waals surface area (Å²) in [7, 11) is 2.68. The van der Waals surface area contributed by atoms with Crippen LogP contribution in [0.5, 0.6) is 0 Å². The van der Waals surface area contributed by atoms with Gasteiger partial charge in [-0.05, 0) is 12.1 Å². The van der Waals surface area contributed by atoms with E-state index in [0.29, 0.717) is 0 Å². The minimum absolute atomic E-state index is 0.172. The summed E-state index contributed by atoms with van der Waals surface area (Å²) in [5, 5.41) is 9.63. The molecule has 90 valence electrons. The Morgan fingerprint density at radius 3 is 2.12 bits per heavy atom. The van der Waals surface area contributed by atoms with Gasteiger partial charge in [-0.1, -0.05) is 6.07 Å². The third-order valence-electron chi connectivity index (χ3n) is 2.25. The Kier molecular flexibility index (Phi) is 4.79. The number of halogens is 2. The van der Waals surface area contributed by atoms with Crippen molar-refractivity contribution in [2.24, 2.45) is 0 Å². The Labute approximate surface area is 92.6 Å². The third-order valence-corrected chi connectivity index (χ3v) is 2.25. The number of hydrogen-bond donors (Lipinski definition) is 1. The number of ether oxygens (including phenoxy) is 2. The quantitative estimate of drug-likeness (QED) is 0.782. The standard InChI is InChI=1S/C11H14F2O3/c1-15-11(16-2)10(14)6-7-8(12)4-3-5-9(7)13/h3-5,10-11,14H,6H2,1-2H3. The van der Waals surface area contributed by atoms with Crippen molar-refractivity contribution in [3.05, 3.63) is 35.4 Å². The van der Waals surface area contributed by atoms with Crippen LogP contribution >= 0.6 is 0 Å². The van der Waals surface area contributed by atoms with Crippen LogP contribution in [0.2, 0.25) is 0 Å². The highest BCUT2D eigenvalue weighted by Crippen LogP contribution is 2.16. The minimum atomic E-state index is -1.12. The van der Waals surface area contributed by atoms with Gasteiger partial charge in [-0.25, -0.2) is 8.78 Å². The number of benzene rings is 1. The van der Waals surface area contributed by atoms with Crippen LogP contribution in [0.3, 0.4) is 0 Å². The maximum atomic E-state index is 13.2. The summed E-state index contributed by atoms with van der Waals surface area (Å²) in [6, 6.07) is 3.55. The summed E-state index contributed by atoms with van der Waals surface area (Å²) < 4.78 is 36.1. The second kappa shape index (κ2) is 5.89. The molecule has 0 aromatic heterocycles. The fourth-order valence-electron chi connectivity index (χ4n) is 1.44. The molecule has 0 heterocycles. The molecule has 1 unspecified atom stereocenters. The lowest BCUT2D eigenvalue weighted by Crippen LogP contribution is -2.32. The zero-order chi connectivity index (χ0) is 12.1. The van der Waals surface area contributed by atoms with Gasteiger partial charge < -0.3 is 14.6 Å². The van der Waals surface area contributed by atoms with Gasteiger partial charge in [0.2, 0.25) is 0 Å². The molecule has 0 fully saturated rings. The van der Waals surface area contributed by atoms with E-state index in [-0.39, 0.29) is 12.0 Å². The van der Waals surface area contributed by atoms with Crippen molar-refractivity contribution in [3.63, 3.8) is 0 Å². The van der Waals surface area contributed by atoms with Gasteiger partial charge >= 0.3 is 0 Å². The highest BCUT2D eigenvalue weighted by molar-refractivity contribution is 5.20. The Hall–Kier alpha value is -1.04. The van der Waals surface area contributed by atoms with Crippen LogP contribution in [0.15, 0.2) is 18.2 Å². The lowest BCUT2D eigenvalue weighted by molar-refractivity contribution is -0.163. The van der Waals surface area contributed by atoms with Gasteiger partial charge in [0.25, 0.3) is 0 Å². The number of methoxy groups -OCH3 is 2. The van der Waals surface area contributed by atoms with Gasteiger partial charge in [-0.3, -0.25) is 0 Å². The highest BCUT2D eigenvalue weighted by Gasteiger charge is 2.21. The molecule has 3 nitrogen and oxygen atoms in total. The van der Waals surface area contributed by atoms with Crippen LogP contribution in [0.25, 0.3) is 0 Å². The zero-order valence-corrected chi connectivity index (χ0v) is 9.11. The fraction of sp³-hybridized carbons (Fsp3) is 0.455. The average molecular weight is 232 g/mol. The molecule has 0 saturated carbocycles. The Morgan fingerprint density at radius 2 is 1.69 bits per heavy atom. The molecule has 0 radical (unpaired) electrons. The lowest BCUT2D eigenvalue weighted by atomic mass is 10.1. The van der Waals surface area contributed by atoms with Crippen molar-refractivity contribution in [2.75, 3.05) is 14.2 Å². The van der Waals surface area contributed by atoms with Crippen LogP contribution in [0, 0.1) is 11.6 Å². The molecule has 0 amide bonds. The Balaban J connectivity index is 2.80. The summed E-state index contributed by atoms with van der Waals surface area (Å²) in [4.78, 5) is 0. The van der Waals surface area contributed by atoms with Crippen LogP contribution in [0.4, 0.5) is 8.78 Å². The van der Waals surface area contributed by atoms with E-state index >= 15 is 0 Å².